The van der Waals surface area contributed by atoms with Gasteiger partial charge in [0.15, 0.2) is 12.1 Å². The zero-order valence-electron chi connectivity index (χ0n) is 41.3. The predicted molar refractivity (Wildman–Crippen MR) is 261 cm³/mol. The lowest BCUT2D eigenvalue weighted by molar-refractivity contribution is -0.887. The number of aliphatic carboxylic acids is 1. The Kier molecular flexibility index (Phi) is 43.3. The van der Waals surface area contributed by atoms with Crippen LogP contribution in [0.5, 0.6) is 0 Å². The van der Waals surface area contributed by atoms with Crippen molar-refractivity contribution >= 4 is 17.9 Å². The van der Waals surface area contributed by atoms with E-state index >= 15 is 0 Å². The number of carboxylic acids is 1. The van der Waals surface area contributed by atoms with Crippen LogP contribution < -0.4 is 0 Å². The summed E-state index contributed by atoms with van der Waals surface area (Å²) >= 11 is 0. The van der Waals surface area contributed by atoms with Gasteiger partial charge in [0.1, 0.15) is 6.61 Å². The molecule has 0 amide bonds. The number of carboxylic acid groups (broad SMARTS) is 1. The Morgan fingerprint density at radius 3 is 1.27 bits per heavy atom. The fourth-order valence-electron chi connectivity index (χ4n) is 7.73. The first-order valence-corrected chi connectivity index (χ1v) is 26.0. The Labute approximate surface area is 383 Å². The van der Waals surface area contributed by atoms with Crippen LogP contribution in [-0.2, 0) is 28.6 Å². The molecule has 362 valence electrons. The Morgan fingerprint density at radius 2 is 0.855 bits per heavy atom. The number of rotatable bonds is 47. The van der Waals surface area contributed by atoms with E-state index in [2.05, 4.69) is 50.3 Å². The van der Waals surface area contributed by atoms with E-state index in [9.17, 15) is 19.5 Å². The van der Waals surface area contributed by atoms with E-state index in [0.29, 0.717) is 19.3 Å². The summed E-state index contributed by atoms with van der Waals surface area (Å²) in [6.45, 7) is 4.74. The van der Waals surface area contributed by atoms with E-state index in [1.165, 1.54) is 161 Å². The van der Waals surface area contributed by atoms with Crippen LogP contribution in [0.2, 0.25) is 0 Å². The Morgan fingerprint density at radius 1 is 0.484 bits per heavy atom. The highest BCUT2D eigenvalue weighted by Crippen LogP contribution is 2.15. The standard InChI is InChI=1S/C54H99NO7/c1-6-8-10-12-14-16-18-20-22-24-26-27-29-31-33-35-37-39-41-43-45-53(57)62-50(48-60-47-46-51(54(58)59)55(3,4)5)49-61-52(56)44-42-40-38-36-34-32-30-28-25-23-21-19-17-15-13-11-9-7-2/h16,18,20,22,28,30,50-51H,6-15,17,19,21,23-27,29,31-49H2,1-5H3/p+1/b18-16+,22-20+,30-28+. The van der Waals surface area contributed by atoms with Gasteiger partial charge in [0.05, 0.1) is 34.4 Å². The van der Waals surface area contributed by atoms with E-state index in [1.54, 1.807) is 0 Å². The molecular formula is C54H100NO7+. The van der Waals surface area contributed by atoms with E-state index in [0.717, 1.165) is 44.9 Å². The van der Waals surface area contributed by atoms with Crippen LogP contribution >= 0.6 is 0 Å². The second kappa shape index (κ2) is 45.1. The summed E-state index contributed by atoms with van der Waals surface area (Å²) in [7, 11) is 5.54. The number of esters is 2. The fraction of sp³-hybridized carbons (Fsp3) is 0.833. The highest BCUT2D eigenvalue weighted by Gasteiger charge is 2.31. The molecule has 0 bridgehead atoms. The smallest absolute Gasteiger partial charge is 0.362 e. The highest BCUT2D eigenvalue weighted by molar-refractivity contribution is 5.72. The zero-order chi connectivity index (χ0) is 45.6. The van der Waals surface area contributed by atoms with Crippen LogP contribution in [0.4, 0.5) is 0 Å². The number of ether oxygens (including phenoxy) is 3. The van der Waals surface area contributed by atoms with Crippen molar-refractivity contribution in [1.82, 2.24) is 0 Å². The van der Waals surface area contributed by atoms with E-state index in [1.807, 2.05) is 21.1 Å². The topological polar surface area (TPSA) is 99.1 Å². The highest BCUT2D eigenvalue weighted by atomic mass is 16.6. The molecule has 0 fully saturated rings. The summed E-state index contributed by atoms with van der Waals surface area (Å²) in [5, 5.41) is 9.65. The molecule has 0 saturated heterocycles. The molecule has 0 aromatic heterocycles. The van der Waals surface area contributed by atoms with E-state index in [-0.39, 0.29) is 36.2 Å². The first-order valence-electron chi connectivity index (χ1n) is 26.0. The van der Waals surface area contributed by atoms with E-state index in [4.69, 9.17) is 14.2 Å². The average Bonchev–Trinajstić information content (AvgIpc) is 3.23. The minimum atomic E-state index is -0.875. The van der Waals surface area contributed by atoms with Crippen molar-refractivity contribution in [2.24, 2.45) is 0 Å². The monoisotopic (exact) mass is 875 g/mol. The van der Waals surface area contributed by atoms with Gasteiger partial charge >= 0.3 is 17.9 Å². The number of quaternary nitrogens is 1. The minimum absolute atomic E-state index is 0.0546. The number of hydrogen-bond acceptors (Lipinski definition) is 6. The first-order chi connectivity index (χ1) is 30.1. The van der Waals surface area contributed by atoms with Gasteiger partial charge in [-0.25, -0.2) is 4.79 Å². The normalized spacial score (nSPS) is 13.1. The lowest BCUT2D eigenvalue weighted by Gasteiger charge is -2.31. The van der Waals surface area contributed by atoms with Crippen LogP contribution in [0.25, 0.3) is 0 Å². The molecule has 8 nitrogen and oxygen atoms in total. The van der Waals surface area contributed by atoms with Crippen LogP contribution in [-0.4, -0.2) is 80.6 Å². The summed E-state index contributed by atoms with van der Waals surface area (Å²) in [6.07, 6.45) is 53.3. The summed E-state index contributed by atoms with van der Waals surface area (Å²) < 4.78 is 17.4. The predicted octanol–water partition coefficient (Wildman–Crippen LogP) is 15.0. The molecule has 2 unspecified atom stereocenters. The lowest BCUT2D eigenvalue weighted by Crippen LogP contribution is -2.50. The molecule has 1 N–H and O–H groups in total. The molecule has 0 aliphatic heterocycles. The molecule has 0 saturated carbocycles. The SMILES string of the molecule is CCCCCC/C=C/C=C/CCCCCCCCCCCCC(=O)OC(COCCC(C(=O)O)[N+](C)(C)C)COC(=O)CCCCCCC/C=C/CCCCCCCCCCC. The third-order valence-electron chi connectivity index (χ3n) is 11.8. The van der Waals surface area contributed by atoms with Gasteiger partial charge in [0, 0.05) is 19.3 Å². The number of hydrogen-bond donors (Lipinski definition) is 1. The summed E-state index contributed by atoms with van der Waals surface area (Å²) in [4.78, 5) is 37.2. The van der Waals surface area contributed by atoms with Gasteiger partial charge in [-0.3, -0.25) is 9.59 Å². The molecule has 62 heavy (non-hydrogen) atoms. The number of carbonyl (C=O) groups excluding carboxylic acids is 2. The molecule has 2 atom stereocenters. The number of unbranched alkanes of at least 4 members (excludes halogenated alkanes) is 28. The van der Waals surface area contributed by atoms with Gasteiger partial charge in [-0.05, 0) is 64.2 Å². The second-order valence-corrected chi connectivity index (χ2v) is 18.8. The lowest BCUT2D eigenvalue weighted by atomic mass is 10.1. The van der Waals surface area contributed by atoms with Crippen molar-refractivity contribution in [1.29, 1.82) is 0 Å². The van der Waals surface area contributed by atoms with Crippen molar-refractivity contribution in [3.05, 3.63) is 36.5 Å². The molecule has 0 rings (SSSR count). The Balaban J connectivity index is 4.25. The van der Waals surface area contributed by atoms with Crippen LogP contribution in [0.1, 0.15) is 239 Å². The largest absolute Gasteiger partial charge is 0.477 e. The number of nitrogens with zero attached hydrogens (tertiary/aromatic N) is 1. The maximum Gasteiger partial charge on any atom is 0.362 e. The Hall–Kier alpha value is -2.45. The summed E-state index contributed by atoms with van der Waals surface area (Å²) in [5.74, 6) is -1.47. The first kappa shape index (κ1) is 59.5. The molecular weight excluding hydrogens is 775 g/mol. The number of carbonyl (C=O) groups is 3. The molecule has 0 aromatic rings. The maximum atomic E-state index is 12.8. The van der Waals surface area contributed by atoms with Crippen LogP contribution in [0, 0.1) is 0 Å². The van der Waals surface area contributed by atoms with Crippen LogP contribution in [0.15, 0.2) is 36.5 Å². The minimum Gasteiger partial charge on any atom is -0.477 e. The van der Waals surface area contributed by atoms with Gasteiger partial charge in [0.25, 0.3) is 0 Å². The Bertz CT molecular complexity index is 1110. The third-order valence-corrected chi connectivity index (χ3v) is 11.8. The second-order valence-electron chi connectivity index (χ2n) is 18.8. The molecule has 0 aromatic carbocycles. The third kappa shape index (κ3) is 42.8. The fourth-order valence-corrected chi connectivity index (χ4v) is 7.73. The van der Waals surface area contributed by atoms with Crippen molar-refractivity contribution in [3.63, 3.8) is 0 Å². The summed E-state index contributed by atoms with van der Waals surface area (Å²) in [5.41, 5.74) is 0. The van der Waals surface area contributed by atoms with Gasteiger partial charge in [0.2, 0.25) is 0 Å². The van der Waals surface area contributed by atoms with Crippen molar-refractivity contribution in [2.75, 3.05) is 41.0 Å². The van der Waals surface area contributed by atoms with Crippen molar-refractivity contribution < 1.29 is 38.2 Å². The van der Waals surface area contributed by atoms with Gasteiger partial charge < -0.3 is 23.8 Å². The molecule has 0 radical (unpaired) electrons. The number of allylic oxidation sites excluding steroid dienone is 6. The van der Waals surface area contributed by atoms with Gasteiger partial charge in [-0.15, -0.1) is 0 Å². The molecule has 0 heterocycles. The number of likely N-dealkylation sites (N-methyl/N-ethyl adjacent to an activating group) is 1. The molecule has 8 heteroatoms. The summed E-state index contributed by atoms with van der Waals surface area (Å²) in [6, 6.07) is -0.616. The van der Waals surface area contributed by atoms with Crippen LogP contribution in [0.3, 0.4) is 0 Å². The zero-order valence-corrected chi connectivity index (χ0v) is 41.3. The quantitative estimate of drug-likeness (QED) is 0.0214. The maximum absolute atomic E-state index is 12.8. The van der Waals surface area contributed by atoms with Crippen molar-refractivity contribution in [2.45, 2.75) is 251 Å². The molecule has 0 aliphatic rings. The van der Waals surface area contributed by atoms with E-state index < -0.39 is 18.1 Å². The van der Waals surface area contributed by atoms with Crippen molar-refractivity contribution in [3.8, 4) is 0 Å². The molecule has 0 aliphatic carbocycles. The van der Waals surface area contributed by atoms with Gasteiger partial charge in [-0.2, -0.15) is 0 Å². The average molecular weight is 875 g/mol. The van der Waals surface area contributed by atoms with Gasteiger partial charge in [-0.1, -0.05) is 192 Å². The molecule has 0 spiro atoms.